The van der Waals surface area contributed by atoms with E-state index in [1.165, 1.54) is 7.14 Å². The van der Waals surface area contributed by atoms with Gasteiger partial charge in [0.1, 0.15) is 11.2 Å². The molecule has 0 N–H and O–H groups in total. The average Bonchev–Trinajstić information content (AvgIpc) is 2.53. The van der Waals surface area contributed by atoms with Crippen molar-refractivity contribution in [2.24, 2.45) is 0 Å². The fourth-order valence-corrected chi connectivity index (χ4v) is 4.26. The fraction of sp³-hybridized carbons (Fsp3) is 0.364. The first-order valence-corrected chi connectivity index (χ1v) is 10.9. The van der Waals surface area contributed by atoms with Crippen molar-refractivity contribution in [1.82, 2.24) is 0 Å². The van der Waals surface area contributed by atoms with Crippen molar-refractivity contribution in [3.05, 3.63) is 66.8 Å². The lowest BCUT2D eigenvalue weighted by Gasteiger charge is -2.19. The Hall–Kier alpha value is -1.89. The quantitative estimate of drug-likeness (QED) is 0.493. The van der Waals surface area contributed by atoms with Crippen LogP contribution < -0.4 is 21.2 Å². The van der Waals surface area contributed by atoms with Gasteiger partial charge in [-0.2, -0.15) is 0 Å². The highest BCUT2D eigenvalue weighted by Crippen LogP contribution is 2.12. The van der Waals surface area contributed by atoms with Gasteiger partial charge in [-0.25, -0.2) is 9.59 Å². The van der Waals surface area contributed by atoms with Gasteiger partial charge in [-0.15, -0.1) is 0 Å². The summed E-state index contributed by atoms with van der Waals surface area (Å²) >= 11 is -0.396. The lowest BCUT2D eigenvalue weighted by atomic mass is 10.2. The predicted octanol–water partition coefficient (Wildman–Crippen LogP) is 1.73. The molecule has 0 spiro atoms. The van der Waals surface area contributed by atoms with E-state index in [9.17, 15) is 9.59 Å². The van der Waals surface area contributed by atoms with E-state index >= 15 is 0 Å². The summed E-state index contributed by atoms with van der Waals surface area (Å²) < 4.78 is 13.1. The largest absolute Gasteiger partial charge is 0.456 e. The van der Waals surface area contributed by atoms with Gasteiger partial charge in [0.25, 0.3) is 0 Å². The van der Waals surface area contributed by atoms with Crippen molar-refractivity contribution in [2.45, 2.75) is 52.7 Å². The van der Waals surface area contributed by atoms with E-state index in [-0.39, 0.29) is 11.9 Å². The number of carbonyl (C=O) groups is 2. The van der Waals surface area contributed by atoms with Gasteiger partial charge in [0.05, 0.1) is 11.1 Å². The van der Waals surface area contributed by atoms with Crippen LogP contribution in [0.2, 0.25) is 0 Å². The molecule has 5 heteroatoms. The number of hydrogen-bond donors (Lipinski definition) is 0. The highest BCUT2D eigenvalue weighted by Gasteiger charge is 2.21. The van der Waals surface area contributed by atoms with Crippen molar-refractivity contribution in [2.75, 3.05) is 0 Å². The summed E-state index contributed by atoms with van der Waals surface area (Å²) in [5, 5.41) is 0. The van der Waals surface area contributed by atoms with Crippen LogP contribution in [0.4, 0.5) is 0 Å². The van der Waals surface area contributed by atoms with Gasteiger partial charge < -0.3 is 9.47 Å². The molecule has 4 nitrogen and oxygen atoms in total. The van der Waals surface area contributed by atoms with Crippen LogP contribution in [0, 0.1) is 7.14 Å². The zero-order valence-corrected chi connectivity index (χ0v) is 18.8. The summed E-state index contributed by atoms with van der Waals surface area (Å²) in [6.45, 7) is 11.1. The van der Waals surface area contributed by atoms with Gasteiger partial charge in [0.2, 0.25) is 0 Å². The Balaban J connectivity index is 2.01. The van der Waals surface area contributed by atoms with Crippen molar-refractivity contribution >= 4 is 11.9 Å². The summed E-state index contributed by atoms with van der Waals surface area (Å²) in [5.41, 5.74) is 0.104. The Kier molecular flexibility index (Phi) is 6.68. The maximum atomic E-state index is 12.1. The smallest absolute Gasteiger partial charge is 0.357 e. The monoisotopic (exact) mass is 481 g/mol. The Morgan fingerprint density at radius 2 is 0.926 bits per heavy atom. The van der Waals surface area contributed by atoms with Crippen molar-refractivity contribution in [1.29, 1.82) is 0 Å². The standard InChI is InChI=1S/C22H26IO4/c1-21(2,3)26-19(24)15-7-11-17(12-8-15)23-18-13-9-16(10-14-18)20(25)27-22(4,5)6/h7-14H,1-6H3/q+1. The Bertz CT molecular complexity index is 725. The molecule has 0 amide bonds. The van der Waals surface area contributed by atoms with Gasteiger partial charge in [0, 0.05) is 0 Å². The summed E-state index contributed by atoms with van der Waals surface area (Å²) in [5.74, 6) is -0.622. The summed E-state index contributed by atoms with van der Waals surface area (Å²) in [6.07, 6.45) is 0. The molecule has 0 aliphatic rings. The van der Waals surface area contributed by atoms with Crippen LogP contribution in [-0.2, 0) is 9.47 Å². The minimum absolute atomic E-state index is 0.311. The molecule has 0 saturated carbocycles. The first-order valence-electron chi connectivity index (χ1n) is 8.75. The second kappa shape index (κ2) is 8.42. The van der Waals surface area contributed by atoms with Crippen LogP contribution in [-0.4, -0.2) is 23.1 Å². The normalized spacial score (nSPS) is 11.8. The lowest BCUT2D eigenvalue weighted by molar-refractivity contribution is -0.597. The number of rotatable bonds is 4. The SMILES string of the molecule is CC(C)(C)OC(=O)c1ccc([I+]c2ccc(C(=O)OC(C)(C)C)cc2)cc1. The highest BCUT2D eigenvalue weighted by atomic mass is 127. The minimum atomic E-state index is -0.501. The maximum absolute atomic E-state index is 12.1. The van der Waals surface area contributed by atoms with Crippen LogP contribution in [0.15, 0.2) is 48.5 Å². The minimum Gasteiger partial charge on any atom is -0.456 e. The van der Waals surface area contributed by atoms with E-state index in [1.807, 2.05) is 65.8 Å². The lowest BCUT2D eigenvalue weighted by Crippen LogP contribution is -3.61. The van der Waals surface area contributed by atoms with Gasteiger partial charge in [-0.1, -0.05) is 0 Å². The van der Waals surface area contributed by atoms with Gasteiger partial charge in [-0.3, -0.25) is 0 Å². The molecule has 27 heavy (non-hydrogen) atoms. The van der Waals surface area contributed by atoms with Crippen LogP contribution >= 0.6 is 0 Å². The number of esters is 2. The molecule has 0 aromatic heterocycles. The molecule has 0 atom stereocenters. The van der Waals surface area contributed by atoms with Gasteiger partial charge >= 0.3 is 33.1 Å². The predicted molar refractivity (Wildman–Crippen MR) is 101 cm³/mol. The van der Waals surface area contributed by atoms with Gasteiger partial charge in [-0.05, 0) is 90.1 Å². The van der Waals surface area contributed by atoms with Crippen LogP contribution in [0.5, 0.6) is 0 Å². The van der Waals surface area contributed by atoms with Crippen LogP contribution in [0.25, 0.3) is 0 Å². The number of ether oxygens (including phenoxy) is 2. The number of benzene rings is 2. The number of carbonyl (C=O) groups excluding carboxylic acids is 2. The van der Waals surface area contributed by atoms with Crippen LogP contribution in [0.3, 0.4) is 0 Å². The molecule has 0 saturated heterocycles. The number of hydrogen-bond acceptors (Lipinski definition) is 4. The first-order chi connectivity index (χ1) is 12.4. The molecular weight excluding hydrogens is 455 g/mol. The first kappa shape index (κ1) is 21.4. The summed E-state index contributed by atoms with van der Waals surface area (Å²) in [7, 11) is 0. The van der Waals surface area contributed by atoms with Crippen molar-refractivity contribution < 1.29 is 40.3 Å². The topological polar surface area (TPSA) is 52.6 Å². The Morgan fingerprint density at radius 3 is 1.19 bits per heavy atom. The van der Waals surface area contributed by atoms with E-state index < -0.39 is 32.4 Å². The zero-order chi connectivity index (χ0) is 20.2. The molecule has 0 aliphatic heterocycles. The zero-order valence-electron chi connectivity index (χ0n) is 16.6. The summed E-state index contributed by atoms with van der Waals surface area (Å²) in [4.78, 5) is 24.1. The molecule has 0 fully saturated rings. The van der Waals surface area contributed by atoms with E-state index in [1.54, 1.807) is 24.3 Å². The third-order valence-electron chi connectivity index (χ3n) is 3.18. The third-order valence-corrected chi connectivity index (χ3v) is 5.86. The fourth-order valence-electron chi connectivity index (χ4n) is 2.10. The Labute approximate surface area is 171 Å². The highest BCUT2D eigenvalue weighted by molar-refractivity contribution is 5.90. The molecule has 0 unspecified atom stereocenters. The van der Waals surface area contributed by atoms with Gasteiger partial charge in [0.15, 0.2) is 7.14 Å². The number of halogens is 1. The van der Waals surface area contributed by atoms with E-state index in [4.69, 9.17) is 9.47 Å². The molecule has 2 aromatic carbocycles. The maximum Gasteiger partial charge on any atom is 0.357 e. The molecule has 0 radical (unpaired) electrons. The third kappa shape index (κ3) is 7.33. The molecule has 2 rings (SSSR count). The van der Waals surface area contributed by atoms with E-state index in [2.05, 4.69) is 0 Å². The molecule has 0 bridgehead atoms. The summed E-state index contributed by atoms with van der Waals surface area (Å²) in [6, 6.07) is 15.1. The van der Waals surface area contributed by atoms with Crippen molar-refractivity contribution in [3.63, 3.8) is 0 Å². The second-order valence-corrected chi connectivity index (χ2v) is 11.1. The molecule has 2 aromatic rings. The van der Waals surface area contributed by atoms with E-state index in [0.717, 1.165) is 0 Å². The van der Waals surface area contributed by atoms with Crippen molar-refractivity contribution in [3.8, 4) is 0 Å². The molecule has 0 heterocycles. The molecule has 144 valence electrons. The molecular formula is C22H26IO4+. The van der Waals surface area contributed by atoms with Crippen LogP contribution in [0.1, 0.15) is 62.3 Å². The molecule has 0 aliphatic carbocycles. The second-order valence-electron chi connectivity index (χ2n) is 8.11. The van der Waals surface area contributed by atoms with E-state index in [0.29, 0.717) is 11.1 Å². The Morgan fingerprint density at radius 1 is 0.630 bits per heavy atom. The average molecular weight is 481 g/mol.